The number of benzene rings is 1. The van der Waals surface area contributed by atoms with Gasteiger partial charge >= 0.3 is 7.12 Å². The van der Waals surface area contributed by atoms with Crippen LogP contribution in [0.4, 0.5) is 5.69 Å². The van der Waals surface area contributed by atoms with E-state index in [4.69, 9.17) is 20.3 Å². The lowest BCUT2D eigenvalue weighted by Gasteiger charge is -2.32. The second-order valence-electron chi connectivity index (χ2n) is 5.55. The molecule has 18 heavy (non-hydrogen) atoms. The van der Waals surface area contributed by atoms with Crippen molar-refractivity contribution in [3.63, 3.8) is 0 Å². The van der Waals surface area contributed by atoms with Crippen LogP contribution in [0.1, 0.15) is 33.3 Å². The quantitative estimate of drug-likeness (QED) is 0.599. The molecule has 0 radical (unpaired) electrons. The third-order valence-corrected chi connectivity index (χ3v) is 3.70. The molecule has 1 heterocycles. The van der Waals surface area contributed by atoms with Gasteiger partial charge in [0.1, 0.15) is 0 Å². The molecule has 0 saturated carbocycles. The number of hydrogen-bond donors (Lipinski definition) is 1. The van der Waals surface area contributed by atoms with Gasteiger partial charge in [0.2, 0.25) is 0 Å². The van der Waals surface area contributed by atoms with E-state index in [2.05, 4.69) is 6.07 Å². The van der Waals surface area contributed by atoms with Crippen molar-refractivity contribution in [1.29, 1.82) is 5.26 Å². The van der Waals surface area contributed by atoms with E-state index in [9.17, 15) is 0 Å². The fourth-order valence-electron chi connectivity index (χ4n) is 1.85. The van der Waals surface area contributed by atoms with E-state index in [1.54, 1.807) is 18.2 Å². The van der Waals surface area contributed by atoms with Crippen LogP contribution in [-0.2, 0) is 9.31 Å². The summed E-state index contributed by atoms with van der Waals surface area (Å²) in [6.07, 6.45) is 0. The van der Waals surface area contributed by atoms with Crippen LogP contribution in [0, 0.1) is 11.3 Å². The molecule has 1 aliphatic rings. The average Bonchev–Trinajstić information content (AvgIpc) is 2.47. The highest BCUT2D eigenvalue weighted by molar-refractivity contribution is 6.62. The molecule has 0 aromatic heterocycles. The van der Waals surface area contributed by atoms with E-state index in [1.165, 1.54) is 0 Å². The van der Waals surface area contributed by atoms with Gasteiger partial charge in [-0.25, -0.2) is 0 Å². The highest BCUT2D eigenvalue weighted by atomic mass is 16.7. The summed E-state index contributed by atoms with van der Waals surface area (Å²) in [5.41, 5.74) is 6.64. The summed E-state index contributed by atoms with van der Waals surface area (Å²) in [5.74, 6) is 0. The lowest BCUT2D eigenvalue weighted by molar-refractivity contribution is 0.00578. The minimum atomic E-state index is -0.523. The van der Waals surface area contributed by atoms with Gasteiger partial charge < -0.3 is 15.0 Å². The highest BCUT2D eigenvalue weighted by Crippen LogP contribution is 2.36. The van der Waals surface area contributed by atoms with Gasteiger partial charge in [0.25, 0.3) is 0 Å². The Labute approximate surface area is 108 Å². The van der Waals surface area contributed by atoms with Crippen molar-refractivity contribution in [3.05, 3.63) is 23.8 Å². The summed E-state index contributed by atoms with van der Waals surface area (Å²) in [6.45, 7) is 7.93. The molecular formula is C13H17BN2O2. The number of rotatable bonds is 1. The van der Waals surface area contributed by atoms with Gasteiger partial charge in [0, 0.05) is 11.2 Å². The van der Waals surface area contributed by atoms with Crippen LogP contribution in [0.5, 0.6) is 0 Å². The molecule has 0 bridgehead atoms. The zero-order chi connectivity index (χ0) is 13.6. The van der Waals surface area contributed by atoms with E-state index in [1.807, 2.05) is 27.7 Å². The Morgan fingerprint density at radius 1 is 1.17 bits per heavy atom. The van der Waals surface area contributed by atoms with Crippen molar-refractivity contribution in [3.8, 4) is 6.07 Å². The number of nitrogen functional groups attached to an aromatic ring is 1. The van der Waals surface area contributed by atoms with Crippen LogP contribution in [0.25, 0.3) is 0 Å². The normalized spacial score (nSPS) is 20.7. The molecule has 0 amide bonds. The fourth-order valence-corrected chi connectivity index (χ4v) is 1.85. The number of nitriles is 1. The molecular weight excluding hydrogens is 227 g/mol. The Kier molecular flexibility index (Phi) is 2.88. The summed E-state index contributed by atoms with van der Waals surface area (Å²) < 4.78 is 11.8. The highest BCUT2D eigenvalue weighted by Gasteiger charge is 2.52. The minimum Gasteiger partial charge on any atom is -0.399 e. The number of anilines is 1. The molecule has 94 valence electrons. The molecule has 1 fully saturated rings. The largest absolute Gasteiger partial charge is 0.496 e. The standard InChI is InChI=1S/C13H17BN2O2/c1-12(2)13(3,4)18-14(17-12)11-6-5-10(16)7-9(11)8-15/h5-7H,16H2,1-4H3. The fraction of sp³-hybridized carbons (Fsp3) is 0.462. The van der Waals surface area contributed by atoms with Crippen LogP contribution in [-0.4, -0.2) is 18.3 Å². The minimum absolute atomic E-state index is 0.411. The maximum absolute atomic E-state index is 9.15. The summed E-state index contributed by atoms with van der Waals surface area (Å²) in [4.78, 5) is 0. The molecule has 1 aromatic carbocycles. The zero-order valence-electron chi connectivity index (χ0n) is 11.2. The Balaban J connectivity index is 2.39. The maximum Gasteiger partial charge on any atom is 0.496 e. The first-order valence-electron chi connectivity index (χ1n) is 5.92. The molecule has 1 aromatic rings. The van der Waals surface area contributed by atoms with Crippen molar-refractivity contribution in [2.45, 2.75) is 38.9 Å². The van der Waals surface area contributed by atoms with Crippen molar-refractivity contribution in [1.82, 2.24) is 0 Å². The van der Waals surface area contributed by atoms with E-state index in [0.29, 0.717) is 11.3 Å². The van der Waals surface area contributed by atoms with Gasteiger partial charge in [0.05, 0.1) is 22.8 Å². The molecule has 4 nitrogen and oxygen atoms in total. The van der Waals surface area contributed by atoms with Crippen molar-refractivity contribution in [2.75, 3.05) is 5.73 Å². The first-order valence-corrected chi connectivity index (χ1v) is 5.92. The zero-order valence-corrected chi connectivity index (χ0v) is 11.2. The monoisotopic (exact) mass is 244 g/mol. The van der Waals surface area contributed by atoms with Crippen LogP contribution in [0.15, 0.2) is 18.2 Å². The summed E-state index contributed by atoms with van der Waals surface area (Å²) in [5, 5.41) is 9.15. The Morgan fingerprint density at radius 3 is 2.22 bits per heavy atom. The second-order valence-corrected chi connectivity index (χ2v) is 5.55. The SMILES string of the molecule is CC1(C)OB(c2ccc(N)cc2C#N)OC1(C)C. The smallest absolute Gasteiger partial charge is 0.399 e. The Bertz CT molecular complexity index is 504. The number of nitrogens with two attached hydrogens (primary N) is 1. The van der Waals surface area contributed by atoms with Gasteiger partial charge in [-0.2, -0.15) is 5.26 Å². The van der Waals surface area contributed by atoms with Crippen molar-refractivity contribution < 1.29 is 9.31 Å². The van der Waals surface area contributed by atoms with Gasteiger partial charge in [-0.05, 0) is 39.8 Å². The average molecular weight is 244 g/mol. The van der Waals surface area contributed by atoms with Crippen LogP contribution < -0.4 is 11.2 Å². The first kappa shape index (κ1) is 12.9. The molecule has 0 aliphatic carbocycles. The molecule has 0 spiro atoms. The van der Waals surface area contributed by atoms with Crippen molar-refractivity contribution >= 4 is 18.3 Å². The van der Waals surface area contributed by atoms with Gasteiger partial charge in [-0.15, -0.1) is 0 Å². The van der Waals surface area contributed by atoms with E-state index >= 15 is 0 Å². The number of hydrogen-bond acceptors (Lipinski definition) is 4. The van der Waals surface area contributed by atoms with Gasteiger partial charge in [0.15, 0.2) is 0 Å². The Morgan fingerprint density at radius 2 is 1.72 bits per heavy atom. The maximum atomic E-state index is 9.15. The molecule has 1 aliphatic heterocycles. The summed E-state index contributed by atoms with van der Waals surface area (Å²) in [6, 6.07) is 7.31. The predicted octanol–water partition coefficient (Wildman–Crippen LogP) is 1.44. The molecule has 5 heteroatoms. The third-order valence-electron chi connectivity index (χ3n) is 3.70. The lowest BCUT2D eigenvalue weighted by atomic mass is 9.76. The van der Waals surface area contributed by atoms with E-state index in [-0.39, 0.29) is 0 Å². The second kappa shape index (κ2) is 4.01. The molecule has 2 N–H and O–H groups in total. The molecule has 2 rings (SSSR count). The van der Waals surface area contributed by atoms with Crippen LogP contribution in [0.2, 0.25) is 0 Å². The topological polar surface area (TPSA) is 68.3 Å². The van der Waals surface area contributed by atoms with Gasteiger partial charge in [-0.1, -0.05) is 6.07 Å². The molecule has 1 saturated heterocycles. The predicted molar refractivity (Wildman–Crippen MR) is 71.3 cm³/mol. The number of nitrogens with zero attached hydrogens (tertiary/aromatic N) is 1. The molecule has 0 unspecified atom stereocenters. The lowest BCUT2D eigenvalue weighted by Crippen LogP contribution is -2.41. The van der Waals surface area contributed by atoms with Gasteiger partial charge in [-0.3, -0.25) is 0 Å². The Hall–Kier alpha value is -1.51. The van der Waals surface area contributed by atoms with Crippen molar-refractivity contribution in [2.24, 2.45) is 0 Å². The third kappa shape index (κ3) is 1.98. The summed E-state index contributed by atoms with van der Waals surface area (Å²) >= 11 is 0. The summed E-state index contributed by atoms with van der Waals surface area (Å²) in [7, 11) is -0.523. The van der Waals surface area contributed by atoms with E-state index in [0.717, 1.165) is 5.46 Å². The first-order chi connectivity index (χ1) is 8.27. The van der Waals surface area contributed by atoms with Crippen LogP contribution in [0.3, 0.4) is 0 Å². The molecule has 0 atom stereocenters. The van der Waals surface area contributed by atoms with Crippen LogP contribution >= 0.6 is 0 Å². The van der Waals surface area contributed by atoms with E-state index < -0.39 is 18.3 Å².